The zero-order chi connectivity index (χ0) is 10.8. The highest BCUT2D eigenvalue weighted by Crippen LogP contribution is 2.43. The second kappa shape index (κ2) is 4.55. The minimum Gasteiger partial charge on any atom is -0.252 e. The third kappa shape index (κ3) is 2.35. The van der Waals surface area contributed by atoms with Gasteiger partial charge in [0.05, 0.1) is 0 Å². The Morgan fingerprint density at radius 3 is 2.73 bits per heavy atom. The largest absolute Gasteiger partial charge is 0.252 e. The molecule has 2 aliphatic carbocycles. The SMILES string of the molecule is CC(C)[C@@H]1CC[C@@H](C)C[C@H]1C1=[C-]C=C[CH]1. The van der Waals surface area contributed by atoms with Crippen LogP contribution in [0.3, 0.4) is 0 Å². The summed E-state index contributed by atoms with van der Waals surface area (Å²) in [6, 6.07) is 0. The molecule has 0 unspecified atom stereocenters. The Morgan fingerprint density at radius 1 is 1.33 bits per heavy atom. The summed E-state index contributed by atoms with van der Waals surface area (Å²) in [6.45, 7) is 7.14. The number of allylic oxidation sites excluding steroid dienone is 4. The maximum absolute atomic E-state index is 3.41. The van der Waals surface area contributed by atoms with Gasteiger partial charge in [-0.3, -0.25) is 6.08 Å². The first-order valence-electron chi connectivity index (χ1n) is 6.31. The standard InChI is InChI=1S/C15H22/c1-11(2)14-9-8-12(3)10-15(14)13-6-4-5-7-13/h4-6,11-12,14-15H,8-10H2,1-3H3/q-1/t12-,14+,15+/m1/s1. The molecule has 1 fully saturated rings. The van der Waals surface area contributed by atoms with Crippen LogP contribution in [0.15, 0.2) is 17.7 Å². The molecule has 0 heterocycles. The fourth-order valence-electron chi connectivity index (χ4n) is 3.13. The van der Waals surface area contributed by atoms with E-state index >= 15 is 0 Å². The lowest BCUT2D eigenvalue weighted by Gasteiger charge is -2.40. The summed E-state index contributed by atoms with van der Waals surface area (Å²) in [7, 11) is 0. The van der Waals surface area contributed by atoms with Crippen LogP contribution in [0.4, 0.5) is 0 Å². The average molecular weight is 202 g/mol. The van der Waals surface area contributed by atoms with Gasteiger partial charge in [-0.2, -0.15) is 5.57 Å². The van der Waals surface area contributed by atoms with Crippen molar-refractivity contribution in [2.24, 2.45) is 23.7 Å². The molecule has 0 aromatic rings. The molecule has 2 rings (SSSR count). The molecule has 15 heavy (non-hydrogen) atoms. The van der Waals surface area contributed by atoms with Gasteiger partial charge in [0.15, 0.2) is 0 Å². The molecule has 0 bridgehead atoms. The monoisotopic (exact) mass is 202 g/mol. The molecular formula is C15H22-. The molecule has 1 radical (unpaired) electrons. The molecule has 83 valence electrons. The highest BCUT2D eigenvalue weighted by Gasteiger charge is 2.30. The maximum atomic E-state index is 3.41. The van der Waals surface area contributed by atoms with Crippen molar-refractivity contribution in [2.75, 3.05) is 0 Å². The van der Waals surface area contributed by atoms with Crippen LogP contribution in [0.1, 0.15) is 40.0 Å². The lowest BCUT2D eigenvalue weighted by Crippen LogP contribution is -2.28. The van der Waals surface area contributed by atoms with Crippen LogP contribution >= 0.6 is 0 Å². The Morgan fingerprint density at radius 2 is 2.13 bits per heavy atom. The first kappa shape index (κ1) is 11.0. The Hall–Kier alpha value is -0.520. The summed E-state index contributed by atoms with van der Waals surface area (Å²) in [4.78, 5) is 0. The topological polar surface area (TPSA) is 0 Å². The minimum absolute atomic E-state index is 0.767. The van der Waals surface area contributed by atoms with Crippen molar-refractivity contribution in [2.45, 2.75) is 40.0 Å². The fraction of sp³-hybridized carbons (Fsp3) is 0.667. The molecule has 0 saturated heterocycles. The van der Waals surface area contributed by atoms with Gasteiger partial charge < -0.3 is 0 Å². The lowest BCUT2D eigenvalue weighted by molar-refractivity contribution is 0.171. The normalized spacial score (nSPS) is 36.0. The Balaban J connectivity index is 2.09. The predicted molar refractivity (Wildman–Crippen MR) is 65.0 cm³/mol. The fourth-order valence-corrected chi connectivity index (χ4v) is 3.13. The zero-order valence-electron chi connectivity index (χ0n) is 10.2. The van der Waals surface area contributed by atoms with Gasteiger partial charge in [-0.05, 0) is 36.5 Å². The molecule has 0 spiro atoms. The van der Waals surface area contributed by atoms with Crippen molar-refractivity contribution in [3.63, 3.8) is 0 Å². The summed E-state index contributed by atoms with van der Waals surface area (Å²) in [6.07, 6.45) is 14.1. The number of hydrogen-bond donors (Lipinski definition) is 0. The van der Waals surface area contributed by atoms with Gasteiger partial charge in [0.1, 0.15) is 0 Å². The van der Waals surface area contributed by atoms with Crippen molar-refractivity contribution in [3.8, 4) is 0 Å². The Labute approximate surface area is 94.5 Å². The van der Waals surface area contributed by atoms with Crippen molar-refractivity contribution < 1.29 is 0 Å². The van der Waals surface area contributed by atoms with E-state index in [-0.39, 0.29) is 0 Å². The second-order valence-electron chi connectivity index (χ2n) is 5.56. The highest BCUT2D eigenvalue weighted by molar-refractivity contribution is 5.32. The van der Waals surface area contributed by atoms with Gasteiger partial charge in [0.2, 0.25) is 0 Å². The van der Waals surface area contributed by atoms with E-state index in [4.69, 9.17) is 0 Å². The molecule has 0 amide bonds. The highest BCUT2D eigenvalue weighted by atomic mass is 14.4. The average Bonchev–Trinajstić information content (AvgIpc) is 2.69. The smallest absolute Gasteiger partial charge is 0.0340 e. The molecule has 0 aliphatic heterocycles. The first-order valence-corrected chi connectivity index (χ1v) is 6.31. The quantitative estimate of drug-likeness (QED) is 0.589. The van der Waals surface area contributed by atoms with Crippen molar-refractivity contribution in [1.82, 2.24) is 0 Å². The van der Waals surface area contributed by atoms with E-state index in [0.29, 0.717) is 0 Å². The second-order valence-corrected chi connectivity index (χ2v) is 5.56. The molecule has 0 N–H and O–H groups in total. The van der Waals surface area contributed by atoms with Gasteiger partial charge in [-0.15, -0.1) is 0 Å². The van der Waals surface area contributed by atoms with E-state index in [1.54, 1.807) is 0 Å². The third-order valence-electron chi connectivity index (χ3n) is 4.04. The van der Waals surface area contributed by atoms with Crippen LogP contribution in [0, 0.1) is 36.2 Å². The van der Waals surface area contributed by atoms with E-state index in [0.717, 1.165) is 23.7 Å². The van der Waals surface area contributed by atoms with Gasteiger partial charge in [0.25, 0.3) is 0 Å². The molecule has 0 heteroatoms. The van der Waals surface area contributed by atoms with Crippen LogP contribution in [0.2, 0.25) is 0 Å². The van der Waals surface area contributed by atoms with Gasteiger partial charge >= 0.3 is 0 Å². The summed E-state index contributed by atoms with van der Waals surface area (Å²) in [5.74, 6) is 3.35. The number of hydrogen-bond acceptors (Lipinski definition) is 0. The minimum atomic E-state index is 0.767. The lowest BCUT2D eigenvalue weighted by atomic mass is 9.67. The summed E-state index contributed by atoms with van der Waals surface area (Å²) in [5.41, 5.74) is 1.46. The molecule has 1 saturated carbocycles. The van der Waals surface area contributed by atoms with Gasteiger partial charge in [0, 0.05) is 0 Å². The molecule has 2 aliphatic rings. The predicted octanol–water partition coefficient (Wildman–Crippen LogP) is 4.20. The maximum Gasteiger partial charge on any atom is -0.0340 e. The number of rotatable bonds is 2. The van der Waals surface area contributed by atoms with E-state index in [1.165, 1.54) is 24.8 Å². The van der Waals surface area contributed by atoms with Crippen molar-refractivity contribution in [3.05, 3.63) is 30.2 Å². The van der Waals surface area contributed by atoms with Crippen LogP contribution in [-0.2, 0) is 0 Å². The molecule has 0 nitrogen and oxygen atoms in total. The Bertz CT molecular complexity index is 270. The van der Waals surface area contributed by atoms with Crippen LogP contribution in [0.25, 0.3) is 0 Å². The molecule has 3 atom stereocenters. The van der Waals surface area contributed by atoms with Crippen LogP contribution < -0.4 is 0 Å². The van der Waals surface area contributed by atoms with Crippen molar-refractivity contribution >= 4 is 0 Å². The van der Waals surface area contributed by atoms with Crippen molar-refractivity contribution in [1.29, 1.82) is 0 Å². The summed E-state index contributed by atoms with van der Waals surface area (Å²) < 4.78 is 0. The van der Waals surface area contributed by atoms with E-state index in [2.05, 4.69) is 45.4 Å². The zero-order valence-corrected chi connectivity index (χ0v) is 10.2. The molecule has 0 aromatic heterocycles. The van der Waals surface area contributed by atoms with E-state index in [1.807, 2.05) is 0 Å². The van der Waals surface area contributed by atoms with Gasteiger partial charge in [-0.25, -0.2) is 12.2 Å². The van der Waals surface area contributed by atoms with E-state index in [9.17, 15) is 0 Å². The Kier molecular flexibility index (Phi) is 3.33. The summed E-state index contributed by atoms with van der Waals surface area (Å²) >= 11 is 0. The third-order valence-corrected chi connectivity index (χ3v) is 4.04. The first-order chi connectivity index (χ1) is 7.18. The van der Waals surface area contributed by atoms with Crippen LogP contribution in [-0.4, -0.2) is 0 Å². The summed E-state index contributed by atoms with van der Waals surface area (Å²) in [5, 5.41) is 0. The molecular weight excluding hydrogens is 180 g/mol. The van der Waals surface area contributed by atoms with Crippen LogP contribution in [0.5, 0.6) is 0 Å². The van der Waals surface area contributed by atoms with E-state index < -0.39 is 0 Å². The van der Waals surface area contributed by atoms with Gasteiger partial charge in [-0.1, -0.05) is 33.6 Å². The molecule has 0 aromatic carbocycles.